The first-order valence-electron chi connectivity index (χ1n) is 9.71. The van der Waals surface area contributed by atoms with Crippen LogP contribution in [-0.4, -0.2) is 30.7 Å². The topological polar surface area (TPSA) is 93.9 Å². The van der Waals surface area contributed by atoms with Gasteiger partial charge in [0.2, 0.25) is 11.6 Å². The number of fused-ring (bicyclic) bond motifs is 2. The summed E-state index contributed by atoms with van der Waals surface area (Å²) in [7, 11) is 3.39. The zero-order valence-electron chi connectivity index (χ0n) is 17.8. The lowest BCUT2D eigenvalue weighted by Gasteiger charge is -2.45. The molecule has 0 saturated carbocycles. The molecule has 0 aromatic heterocycles. The summed E-state index contributed by atoms with van der Waals surface area (Å²) in [5.74, 6) is 0.462. The quantitative estimate of drug-likeness (QED) is 0.450. The number of ether oxygens (including phenoxy) is 2. The standard InChI is InChI=1S/C23H23N3O5/c1-6-20(27)24-15-7-8-18-17(12-15)22(2,3)23(25(18)4)10-9-14-11-16(26(28)29)13-19(30-5)21(14)31-23/h6-13H,1H2,2-5H3,(H,24,27). The smallest absolute Gasteiger partial charge is 0.274 e. The van der Waals surface area contributed by atoms with Crippen molar-refractivity contribution >= 4 is 29.0 Å². The maximum atomic E-state index is 11.7. The van der Waals surface area contributed by atoms with E-state index in [-0.39, 0.29) is 11.6 Å². The molecule has 8 heteroatoms. The Morgan fingerprint density at radius 3 is 2.71 bits per heavy atom. The SMILES string of the molecule is C=CC(=O)Nc1ccc2c(c1)C(C)(C)C1(C=Cc3cc([N+](=O)[O-])cc(OC)c3O1)N2C. The Labute approximate surface area is 179 Å². The summed E-state index contributed by atoms with van der Waals surface area (Å²) in [6, 6.07) is 8.53. The number of likely N-dealkylation sites (N-methyl/N-ethyl adjacent to an activating group) is 1. The predicted octanol–water partition coefficient (Wildman–Crippen LogP) is 4.26. The Hall–Kier alpha value is -3.81. The molecule has 4 rings (SSSR count). The first kappa shape index (κ1) is 20.5. The van der Waals surface area contributed by atoms with E-state index in [1.807, 2.05) is 42.3 Å². The van der Waals surface area contributed by atoms with Crippen molar-refractivity contribution in [3.63, 3.8) is 0 Å². The molecule has 1 unspecified atom stereocenters. The fraction of sp³-hybridized carbons (Fsp3) is 0.261. The average Bonchev–Trinajstić information content (AvgIpc) is 2.91. The molecule has 1 amide bonds. The normalized spacial score (nSPS) is 19.9. The summed E-state index contributed by atoms with van der Waals surface area (Å²) in [6.07, 6.45) is 4.97. The van der Waals surface area contributed by atoms with E-state index in [4.69, 9.17) is 9.47 Å². The lowest BCUT2D eigenvalue weighted by atomic mass is 9.76. The number of nitrogens with one attached hydrogen (secondary N) is 1. The molecule has 1 N–H and O–H groups in total. The summed E-state index contributed by atoms with van der Waals surface area (Å²) in [5.41, 5.74) is 1.69. The van der Waals surface area contributed by atoms with Gasteiger partial charge in [-0.2, -0.15) is 0 Å². The first-order chi connectivity index (χ1) is 14.6. The maximum absolute atomic E-state index is 11.7. The molecule has 1 spiro atoms. The van der Waals surface area contributed by atoms with Crippen molar-refractivity contribution in [3.05, 3.63) is 70.3 Å². The van der Waals surface area contributed by atoms with Gasteiger partial charge in [-0.1, -0.05) is 6.58 Å². The van der Waals surface area contributed by atoms with E-state index in [2.05, 4.69) is 25.7 Å². The molecule has 0 bridgehead atoms. The van der Waals surface area contributed by atoms with Gasteiger partial charge in [0.05, 0.1) is 23.5 Å². The number of nitro groups is 1. The van der Waals surface area contributed by atoms with E-state index in [9.17, 15) is 14.9 Å². The van der Waals surface area contributed by atoms with Gasteiger partial charge in [0.15, 0.2) is 11.5 Å². The third-order valence-electron chi connectivity index (χ3n) is 6.12. The number of amides is 1. The fourth-order valence-electron chi connectivity index (χ4n) is 4.40. The number of hydrogen-bond acceptors (Lipinski definition) is 6. The van der Waals surface area contributed by atoms with E-state index in [1.54, 1.807) is 0 Å². The highest BCUT2D eigenvalue weighted by atomic mass is 16.6. The largest absolute Gasteiger partial charge is 0.493 e. The van der Waals surface area contributed by atoms with Gasteiger partial charge in [-0.25, -0.2) is 0 Å². The van der Waals surface area contributed by atoms with Crippen molar-refractivity contribution in [3.8, 4) is 11.5 Å². The lowest BCUT2D eigenvalue weighted by Crippen LogP contribution is -2.58. The third-order valence-corrected chi connectivity index (χ3v) is 6.12. The van der Waals surface area contributed by atoms with Crippen LogP contribution in [0, 0.1) is 10.1 Å². The van der Waals surface area contributed by atoms with Crippen molar-refractivity contribution in [2.45, 2.75) is 25.0 Å². The van der Waals surface area contributed by atoms with Crippen LogP contribution in [0.3, 0.4) is 0 Å². The van der Waals surface area contributed by atoms with Crippen molar-refractivity contribution in [1.82, 2.24) is 0 Å². The predicted molar refractivity (Wildman–Crippen MR) is 119 cm³/mol. The van der Waals surface area contributed by atoms with Crippen LogP contribution in [-0.2, 0) is 10.2 Å². The second kappa shape index (κ2) is 6.87. The molecule has 0 fully saturated rings. The first-order valence-corrected chi connectivity index (χ1v) is 9.71. The molecular formula is C23H23N3O5. The van der Waals surface area contributed by atoms with E-state index in [0.717, 1.165) is 11.3 Å². The molecule has 2 aliphatic heterocycles. The number of nitrogens with zero attached hydrogens (tertiary/aromatic N) is 2. The number of nitro benzene ring substituents is 1. The third kappa shape index (κ3) is 2.86. The van der Waals surface area contributed by atoms with Crippen molar-refractivity contribution in [2.24, 2.45) is 0 Å². The van der Waals surface area contributed by atoms with Crippen LogP contribution in [0.25, 0.3) is 6.08 Å². The Morgan fingerprint density at radius 1 is 1.32 bits per heavy atom. The highest BCUT2D eigenvalue weighted by Gasteiger charge is 2.58. The average molecular weight is 421 g/mol. The lowest BCUT2D eigenvalue weighted by molar-refractivity contribution is -0.385. The molecule has 160 valence electrons. The second-order valence-corrected chi connectivity index (χ2v) is 8.06. The molecule has 8 nitrogen and oxygen atoms in total. The van der Waals surface area contributed by atoms with Gasteiger partial charge < -0.3 is 19.7 Å². The van der Waals surface area contributed by atoms with E-state index in [0.29, 0.717) is 22.7 Å². The Morgan fingerprint density at radius 2 is 2.06 bits per heavy atom. The van der Waals surface area contributed by atoms with Gasteiger partial charge in [-0.15, -0.1) is 0 Å². The number of methoxy groups -OCH3 is 1. The second-order valence-electron chi connectivity index (χ2n) is 8.06. The van der Waals surface area contributed by atoms with Crippen molar-refractivity contribution in [1.29, 1.82) is 0 Å². The molecule has 2 aromatic rings. The van der Waals surface area contributed by atoms with Gasteiger partial charge in [-0.05, 0) is 55.8 Å². The fourth-order valence-corrected chi connectivity index (χ4v) is 4.40. The molecule has 2 aliphatic rings. The van der Waals surface area contributed by atoms with Crippen LogP contribution in [0.2, 0.25) is 0 Å². The molecule has 0 saturated heterocycles. The van der Waals surface area contributed by atoms with Gasteiger partial charge in [0.1, 0.15) is 0 Å². The van der Waals surface area contributed by atoms with E-state index in [1.165, 1.54) is 25.3 Å². The Balaban J connectivity index is 1.82. The van der Waals surface area contributed by atoms with Crippen LogP contribution in [0.4, 0.5) is 17.1 Å². The monoisotopic (exact) mass is 421 g/mol. The molecule has 31 heavy (non-hydrogen) atoms. The summed E-state index contributed by atoms with van der Waals surface area (Å²) < 4.78 is 12.0. The minimum absolute atomic E-state index is 0.0651. The molecular weight excluding hydrogens is 398 g/mol. The minimum atomic E-state index is -0.896. The highest BCUT2D eigenvalue weighted by molar-refractivity contribution is 5.99. The maximum Gasteiger partial charge on any atom is 0.274 e. The number of non-ortho nitro benzene ring substituents is 1. The Bertz CT molecular complexity index is 1150. The van der Waals surface area contributed by atoms with Gasteiger partial charge >= 0.3 is 0 Å². The summed E-state index contributed by atoms with van der Waals surface area (Å²) >= 11 is 0. The summed E-state index contributed by atoms with van der Waals surface area (Å²) in [4.78, 5) is 24.6. The zero-order valence-corrected chi connectivity index (χ0v) is 17.8. The number of anilines is 2. The van der Waals surface area contributed by atoms with Crippen molar-refractivity contribution in [2.75, 3.05) is 24.4 Å². The number of hydrogen-bond donors (Lipinski definition) is 1. The van der Waals surface area contributed by atoms with Gasteiger partial charge in [-0.3, -0.25) is 14.9 Å². The number of rotatable bonds is 4. The molecule has 0 aliphatic carbocycles. The highest BCUT2D eigenvalue weighted by Crippen LogP contribution is 2.56. The molecule has 1 atom stereocenters. The van der Waals surface area contributed by atoms with Crippen LogP contribution < -0.4 is 19.7 Å². The van der Waals surface area contributed by atoms with Crippen LogP contribution in [0.15, 0.2) is 49.1 Å². The number of carbonyl (C=O) groups is 1. The molecule has 2 heterocycles. The van der Waals surface area contributed by atoms with Crippen LogP contribution in [0.1, 0.15) is 25.0 Å². The summed E-state index contributed by atoms with van der Waals surface area (Å²) in [6.45, 7) is 7.60. The van der Waals surface area contributed by atoms with Gasteiger partial charge in [0.25, 0.3) is 5.69 Å². The molecule has 0 radical (unpaired) electrons. The number of benzene rings is 2. The number of carbonyl (C=O) groups excluding carboxylic acids is 1. The Kier molecular flexibility index (Phi) is 4.53. The van der Waals surface area contributed by atoms with Crippen LogP contribution >= 0.6 is 0 Å². The zero-order chi connectivity index (χ0) is 22.6. The van der Waals surface area contributed by atoms with Crippen molar-refractivity contribution < 1.29 is 19.2 Å². The van der Waals surface area contributed by atoms with E-state index < -0.39 is 16.1 Å². The van der Waals surface area contributed by atoms with Gasteiger partial charge in [0, 0.05) is 30.1 Å². The summed E-state index contributed by atoms with van der Waals surface area (Å²) in [5, 5.41) is 14.1. The van der Waals surface area contributed by atoms with Crippen LogP contribution in [0.5, 0.6) is 11.5 Å². The minimum Gasteiger partial charge on any atom is -0.493 e. The van der Waals surface area contributed by atoms with E-state index >= 15 is 0 Å². The molecule has 2 aromatic carbocycles.